The highest BCUT2D eigenvalue weighted by Gasteiger charge is 2.23. The summed E-state index contributed by atoms with van der Waals surface area (Å²) in [7, 11) is 0. The summed E-state index contributed by atoms with van der Waals surface area (Å²) in [6.45, 7) is 0. The van der Waals surface area contributed by atoms with Crippen LogP contribution >= 0.6 is 0 Å². The van der Waals surface area contributed by atoms with E-state index in [1.54, 1.807) is 0 Å². The predicted molar refractivity (Wildman–Crippen MR) is 200 cm³/mol. The van der Waals surface area contributed by atoms with Crippen molar-refractivity contribution in [3.05, 3.63) is 170 Å². The van der Waals surface area contributed by atoms with Gasteiger partial charge in [0.2, 0.25) is 0 Å². The molecule has 1 heterocycles. The van der Waals surface area contributed by atoms with Gasteiger partial charge in [0.1, 0.15) is 11.2 Å². The summed E-state index contributed by atoms with van der Waals surface area (Å²) in [5.74, 6) is 0. The normalized spacial score (nSPS) is 13.3. The van der Waals surface area contributed by atoms with Gasteiger partial charge in [-0.15, -0.1) is 0 Å². The van der Waals surface area contributed by atoms with E-state index >= 15 is 0 Å². The van der Waals surface area contributed by atoms with Crippen molar-refractivity contribution < 1.29 is 11.3 Å². The molecule has 0 bridgehead atoms. The third kappa shape index (κ3) is 3.90. The second kappa shape index (κ2) is 10.2. The van der Waals surface area contributed by atoms with Crippen LogP contribution in [0.15, 0.2) is 174 Å². The van der Waals surface area contributed by atoms with Gasteiger partial charge in [0.15, 0.2) is 0 Å². The standard InChI is InChI=1S/C46H28O/c1-2-13-30(14-3-1)34-25-26-40(45-41-27-31-16-4-5-17-32(31)28-42(41)47-46(34)45)44-38-22-10-8-20-36(38)43(37-21-9-11-23-39(37)44)35-24-12-18-29-15-6-7-19-33(29)35/h1-28H/i1D,2D,3D,13D,14D. The lowest BCUT2D eigenvalue weighted by Crippen LogP contribution is -1.92. The van der Waals surface area contributed by atoms with Crippen LogP contribution < -0.4 is 0 Å². The smallest absolute Gasteiger partial charge is 0.143 e. The molecule has 10 rings (SSSR count). The summed E-state index contributed by atoms with van der Waals surface area (Å²) in [5.41, 5.74) is 6.04. The van der Waals surface area contributed by atoms with Crippen LogP contribution in [0.3, 0.4) is 0 Å². The Morgan fingerprint density at radius 3 is 1.62 bits per heavy atom. The summed E-state index contributed by atoms with van der Waals surface area (Å²) in [6, 6.07) is 46.6. The molecule has 47 heavy (non-hydrogen) atoms. The fraction of sp³-hybridized carbons (Fsp3) is 0. The zero-order valence-corrected chi connectivity index (χ0v) is 25.2. The Kier molecular flexibility index (Phi) is 4.66. The highest BCUT2D eigenvalue weighted by Crippen LogP contribution is 2.49. The van der Waals surface area contributed by atoms with Gasteiger partial charge in [0.05, 0.1) is 6.85 Å². The molecule has 0 radical (unpaired) electrons. The van der Waals surface area contributed by atoms with E-state index in [-0.39, 0.29) is 29.7 Å². The third-order valence-corrected chi connectivity index (χ3v) is 9.52. The Bertz CT molecular complexity index is 3050. The van der Waals surface area contributed by atoms with Crippen molar-refractivity contribution >= 4 is 65.0 Å². The Labute approximate surface area is 279 Å². The van der Waals surface area contributed by atoms with E-state index in [2.05, 4.69) is 103 Å². The Morgan fingerprint density at radius 2 is 0.936 bits per heavy atom. The second-order valence-electron chi connectivity index (χ2n) is 12.0. The maximum Gasteiger partial charge on any atom is 0.143 e. The molecule has 10 aromatic rings. The quantitative estimate of drug-likeness (QED) is 0.184. The maximum absolute atomic E-state index is 8.88. The van der Waals surface area contributed by atoms with Crippen LogP contribution in [0.5, 0.6) is 0 Å². The predicted octanol–water partition coefficient (Wildman–Crippen LogP) is 13.2. The first-order chi connectivity index (χ1) is 25.4. The average Bonchev–Trinajstić information content (AvgIpc) is 3.56. The van der Waals surface area contributed by atoms with E-state index in [1.807, 2.05) is 36.4 Å². The van der Waals surface area contributed by atoms with Gasteiger partial charge in [-0.05, 0) is 89.1 Å². The van der Waals surface area contributed by atoms with Crippen molar-refractivity contribution in [3.8, 4) is 33.4 Å². The fourth-order valence-corrected chi connectivity index (χ4v) is 7.51. The number of fused-ring (bicyclic) bond motifs is 7. The molecule has 0 N–H and O–H groups in total. The number of furan rings is 1. The zero-order valence-electron chi connectivity index (χ0n) is 30.2. The maximum atomic E-state index is 8.88. The van der Waals surface area contributed by atoms with E-state index in [4.69, 9.17) is 11.3 Å². The van der Waals surface area contributed by atoms with Crippen LogP contribution in [0, 0.1) is 0 Å². The molecule has 0 amide bonds. The van der Waals surface area contributed by atoms with Gasteiger partial charge >= 0.3 is 0 Å². The van der Waals surface area contributed by atoms with Gasteiger partial charge in [-0.1, -0.05) is 152 Å². The van der Waals surface area contributed by atoms with E-state index in [0.717, 1.165) is 54.2 Å². The number of hydrogen-bond donors (Lipinski definition) is 0. The summed E-state index contributed by atoms with van der Waals surface area (Å²) >= 11 is 0. The van der Waals surface area contributed by atoms with Gasteiger partial charge < -0.3 is 4.42 Å². The molecular formula is C46H28O. The lowest BCUT2D eigenvalue weighted by molar-refractivity contribution is 0.670. The Morgan fingerprint density at radius 1 is 0.404 bits per heavy atom. The topological polar surface area (TPSA) is 13.1 Å². The van der Waals surface area contributed by atoms with Crippen molar-refractivity contribution in [1.29, 1.82) is 0 Å². The number of hydrogen-bond acceptors (Lipinski definition) is 1. The molecule has 218 valence electrons. The lowest BCUT2D eigenvalue weighted by atomic mass is 9.83. The van der Waals surface area contributed by atoms with E-state index in [1.165, 1.54) is 21.9 Å². The zero-order chi connectivity index (χ0) is 35.2. The minimum Gasteiger partial charge on any atom is -0.455 e. The molecule has 0 spiro atoms. The van der Waals surface area contributed by atoms with Crippen molar-refractivity contribution in [2.45, 2.75) is 0 Å². The molecular weight excluding hydrogens is 569 g/mol. The summed E-state index contributed by atoms with van der Waals surface area (Å²) in [5, 5.41) is 10.6. The van der Waals surface area contributed by atoms with Crippen molar-refractivity contribution in [1.82, 2.24) is 0 Å². The molecule has 1 aromatic heterocycles. The molecule has 0 aliphatic carbocycles. The van der Waals surface area contributed by atoms with Gasteiger partial charge in [-0.3, -0.25) is 0 Å². The molecule has 9 aromatic carbocycles. The van der Waals surface area contributed by atoms with Crippen LogP contribution in [0.25, 0.3) is 98.4 Å². The number of benzene rings is 9. The minimum atomic E-state index is -0.424. The minimum absolute atomic E-state index is 0.118. The summed E-state index contributed by atoms with van der Waals surface area (Å²) in [4.78, 5) is 0. The van der Waals surface area contributed by atoms with Crippen LogP contribution in [-0.4, -0.2) is 0 Å². The average molecular weight is 602 g/mol. The highest BCUT2D eigenvalue weighted by atomic mass is 16.3. The lowest BCUT2D eigenvalue weighted by Gasteiger charge is -2.19. The van der Waals surface area contributed by atoms with Crippen molar-refractivity contribution in [3.63, 3.8) is 0 Å². The largest absolute Gasteiger partial charge is 0.455 e. The summed E-state index contributed by atoms with van der Waals surface area (Å²) in [6.07, 6.45) is 0. The van der Waals surface area contributed by atoms with Gasteiger partial charge in [0.25, 0.3) is 0 Å². The molecule has 0 atom stereocenters. The summed E-state index contributed by atoms with van der Waals surface area (Å²) < 4.78 is 49.7. The van der Waals surface area contributed by atoms with Gasteiger partial charge in [0, 0.05) is 16.3 Å². The molecule has 0 saturated carbocycles. The first-order valence-electron chi connectivity index (χ1n) is 18.3. The molecule has 0 aliphatic heterocycles. The number of rotatable bonds is 3. The first kappa shape index (κ1) is 21.5. The Balaban J connectivity index is 1.39. The fourth-order valence-electron chi connectivity index (χ4n) is 7.51. The van der Waals surface area contributed by atoms with Crippen LogP contribution in [0.4, 0.5) is 0 Å². The molecule has 0 fully saturated rings. The SMILES string of the molecule is [2H]c1c([2H])c([2H])c(-c2ccc(-c3c4ccccc4c(-c4cccc5ccccc45)c4ccccc34)c3c2oc2cc4ccccc4cc23)c([2H])c1[2H]. The second-order valence-corrected chi connectivity index (χ2v) is 12.0. The van der Waals surface area contributed by atoms with Crippen LogP contribution in [0.2, 0.25) is 0 Å². The molecule has 1 heteroatoms. The van der Waals surface area contributed by atoms with E-state index in [0.29, 0.717) is 16.7 Å². The Hall–Kier alpha value is -6.18. The third-order valence-electron chi connectivity index (χ3n) is 9.52. The molecule has 0 unspecified atom stereocenters. The van der Waals surface area contributed by atoms with E-state index in [9.17, 15) is 0 Å². The van der Waals surface area contributed by atoms with Crippen molar-refractivity contribution in [2.75, 3.05) is 0 Å². The van der Waals surface area contributed by atoms with Crippen LogP contribution in [0.1, 0.15) is 6.85 Å². The molecule has 0 aliphatic rings. The van der Waals surface area contributed by atoms with Gasteiger partial charge in [-0.25, -0.2) is 0 Å². The highest BCUT2D eigenvalue weighted by molar-refractivity contribution is 6.28. The molecule has 1 nitrogen and oxygen atoms in total. The van der Waals surface area contributed by atoms with Gasteiger partial charge in [-0.2, -0.15) is 0 Å². The van der Waals surface area contributed by atoms with E-state index < -0.39 is 6.04 Å². The van der Waals surface area contributed by atoms with Crippen molar-refractivity contribution in [2.24, 2.45) is 0 Å². The monoisotopic (exact) mass is 601 g/mol. The molecule has 0 saturated heterocycles. The first-order valence-corrected chi connectivity index (χ1v) is 15.8. The van der Waals surface area contributed by atoms with Crippen LogP contribution in [-0.2, 0) is 0 Å².